The molecular formula is C11H17NO5S2. The summed E-state index contributed by atoms with van der Waals surface area (Å²) in [7, 11) is -3.73. The minimum absolute atomic E-state index is 0.00398. The van der Waals surface area contributed by atoms with E-state index in [2.05, 4.69) is 0 Å². The first kappa shape index (κ1) is 16.1. The molecule has 0 aliphatic rings. The Kier molecular flexibility index (Phi) is 5.48. The first-order chi connectivity index (χ1) is 8.84. The number of sulfonamides is 1. The molecule has 1 rings (SSSR count). The van der Waals surface area contributed by atoms with Gasteiger partial charge in [-0.25, -0.2) is 13.2 Å². The number of thiophene rings is 1. The van der Waals surface area contributed by atoms with Gasteiger partial charge in [-0.2, -0.15) is 4.31 Å². The van der Waals surface area contributed by atoms with Crippen LogP contribution in [-0.4, -0.2) is 48.6 Å². The van der Waals surface area contributed by atoms with Crippen LogP contribution in [0.5, 0.6) is 0 Å². The fourth-order valence-electron chi connectivity index (χ4n) is 1.63. The molecule has 0 saturated carbocycles. The van der Waals surface area contributed by atoms with Gasteiger partial charge in [0.05, 0.1) is 6.61 Å². The molecule has 0 fully saturated rings. The zero-order valence-electron chi connectivity index (χ0n) is 10.8. The van der Waals surface area contributed by atoms with E-state index in [4.69, 9.17) is 10.2 Å². The lowest BCUT2D eigenvalue weighted by Crippen LogP contribution is -2.33. The number of aryl methyl sites for hydroxylation is 1. The van der Waals surface area contributed by atoms with Gasteiger partial charge in [0.15, 0.2) is 0 Å². The topological polar surface area (TPSA) is 94.9 Å². The standard InChI is InChI=1S/C11H17NO5S2/c1-3-4-12(5-6-13)19(16,17)9-7-8(2)10(18-9)11(14)15/h7,13H,3-6H2,1-2H3,(H,14,15). The molecule has 1 heterocycles. The predicted octanol–water partition coefficient (Wildman–Crippen LogP) is 1.15. The van der Waals surface area contributed by atoms with Crippen molar-refractivity contribution in [2.24, 2.45) is 0 Å². The van der Waals surface area contributed by atoms with E-state index in [0.717, 1.165) is 11.3 Å². The summed E-state index contributed by atoms with van der Waals surface area (Å²) in [6.45, 7) is 3.44. The number of hydrogen-bond donors (Lipinski definition) is 2. The predicted molar refractivity (Wildman–Crippen MR) is 72.2 cm³/mol. The van der Waals surface area contributed by atoms with Crippen LogP contribution >= 0.6 is 11.3 Å². The molecule has 6 nitrogen and oxygen atoms in total. The van der Waals surface area contributed by atoms with Gasteiger partial charge >= 0.3 is 5.97 Å². The lowest BCUT2D eigenvalue weighted by molar-refractivity contribution is 0.0701. The molecular weight excluding hydrogens is 290 g/mol. The van der Waals surface area contributed by atoms with Crippen LogP contribution in [0.3, 0.4) is 0 Å². The van der Waals surface area contributed by atoms with Gasteiger partial charge in [0.25, 0.3) is 10.0 Å². The Bertz CT molecular complexity index is 543. The van der Waals surface area contributed by atoms with Crippen molar-refractivity contribution in [2.45, 2.75) is 24.5 Å². The van der Waals surface area contributed by atoms with E-state index in [-0.39, 0.29) is 22.2 Å². The molecule has 0 aromatic carbocycles. The van der Waals surface area contributed by atoms with Gasteiger partial charge in [-0.1, -0.05) is 6.92 Å². The smallest absolute Gasteiger partial charge is 0.346 e. The molecule has 0 radical (unpaired) electrons. The maximum absolute atomic E-state index is 12.3. The summed E-state index contributed by atoms with van der Waals surface area (Å²) in [5, 5.41) is 17.9. The number of carbonyl (C=O) groups is 1. The molecule has 1 aromatic heterocycles. The monoisotopic (exact) mass is 307 g/mol. The molecule has 108 valence electrons. The van der Waals surface area contributed by atoms with E-state index in [9.17, 15) is 13.2 Å². The van der Waals surface area contributed by atoms with Crippen LogP contribution in [0.15, 0.2) is 10.3 Å². The Balaban J connectivity index is 3.17. The van der Waals surface area contributed by atoms with Crippen molar-refractivity contribution in [3.8, 4) is 0 Å². The third-order valence-electron chi connectivity index (χ3n) is 2.51. The van der Waals surface area contributed by atoms with Crippen LogP contribution in [0, 0.1) is 6.92 Å². The van der Waals surface area contributed by atoms with Crippen molar-refractivity contribution >= 4 is 27.3 Å². The van der Waals surface area contributed by atoms with Crippen molar-refractivity contribution in [1.29, 1.82) is 0 Å². The van der Waals surface area contributed by atoms with Crippen molar-refractivity contribution < 1.29 is 23.4 Å². The van der Waals surface area contributed by atoms with Crippen LogP contribution in [0.2, 0.25) is 0 Å². The molecule has 0 aliphatic heterocycles. The van der Waals surface area contributed by atoms with Crippen LogP contribution in [0.4, 0.5) is 0 Å². The summed E-state index contributed by atoms with van der Waals surface area (Å²) < 4.78 is 25.8. The highest BCUT2D eigenvalue weighted by atomic mass is 32.2. The van der Waals surface area contributed by atoms with Crippen LogP contribution in [0.25, 0.3) is 0 Å². The van der Waals surface area contributed by atoms with E-state index in [1.807, 2.05) is 6.92 Å². The Morgan fingerprint density at radius 1 is 1.42 bits per heavy atom. The van der Waals surface area contributed by atoms with Crippen molar-refractivity contribution in [1.82, 2.24) is 4.31 Å². The van der Waals surface area contributed by atoms with Crippen LogP contribution < -0.4 is 0 Å². The average molecular weight is 307 g/mol. The molecule has 8 heteroatoms. The Labute approximate surface area is 116 Å². The summed E-state index contributed by atoms with van der Waals surface area (Å²) >= 11 is 0.744. The van der Waals surface area contributed by atoms with E-state index >= 15 is 0 Å². The second-order valence-electron chi connectivity index (χ2n) is 4.01. The Hall–Kier alpha value is -0.960. The fourth-order valence-corrected chi connectivity index (χ4v) is 4.69. The van der Waals surface area contributed by atoms with Crippen molar-refractivity contribution in [2.75, 3.05) is 19.7 Å². The largest absolute Gasteiger partial charge is 0.477 e. The molecule has 19 heavy (non-hydrogen) atoms. The minimum atomic E-state index is -3.73. The van der Waals surface area contributed by atoms with Crippen LogP contribution in [-0.2, 0) is 10.0 Å². The van der Waals surface area contributed by atoms with E-state index in [1.54, 1.807) is 6.92 Å². The highest BCUT2D eigenvalue weighted by Crippen LogP contribution is 2.28. The van der Waals surface area contributed by atoms with Gasteiger partial charge in [-0.15, -0.1) is 11.3 Å². The Morgan fingerprint density at radius 3 is 2.47 bits per heavy atom. The number of hydrogen-bond acceptors (Lipinski definition) is 5. The van der Waals surface area contributed by atoms with Gasteiger partial charge in [-0.3, -0.25) is 0 Å². The molecule has 0 saturated heterocycles. The van der Waals surface area contributed by atoms with Gasteiger partial charge in [0.1, 0.15) is 9.09 Å². The summed E-state index contributed by atoms with van der Waals surface area (Å²) in [6, 6.07) is 1.36. The number of aliphatic hydroxyl groups excluding tert-OH is 1. The number of carboxylic acid groups (broad SMARTS) is 1. The second-order valence-corrected chi connectivity index (χ2v) is 7.23. The number of aromatic carboxylic acids is 1. The normalized spacial score (nSPS) is 12.0. The van der Waals surface area contributed by atoms with Crippen molar-refractivity contribution in [3.05, 3.63) is 16.5 Å². The van der Waals surface area contributed by atoms with E-state index < -0.39 is 16.0 Å². The highest BCUT2D eigenvalue weighted by Gasteiger charge is 2.27. The molecule has 0 atom stereocenters. The third-order valence-corrected chi connectivity index (χ3v) is 6.08. The van der Waals surface area contributed by atoms with Gasteiger partial charge in [-0.05, 0) is 25.0 Å². The summed E-state index contributed by atoms with van der Waals surface area (Å²) in [5.74, 6) is -1.13. The maximum atomic E-state index is 12.3. The Morgan fingerprint density at radius 2 is 2.05 bits per heavy atom. The average Bonchev–Trinajstić information content (AvgIpc) is 2.72. The highest BCUT2D eigenvalue weighted by molar-refractivity contribution is 7.91. The maximum Gasteiger partial charge on any atom is 0.346 e. The van der Waals surface area contributed by atoms with Crippen molar-refractivity contribution in [3.63, 3.8) is 0 Å². The summed E-state index contributed by atoms with van der Waals surface area (Å²) in [5.41, 5.74) is 0.427. The molecule has 0 amide bonds. The minimum Gasteiger partial charge on any atom is -0.477 e. The van der Waals surface area contributed by atoms with Gasteiger partial charge < -0.3 is 10.2 Å². The molecule has 1 aromatic rings. The third kappa shape index (κ3) is 3.53. The molecule has 0 bridgehead atoms. The molecule has 0 aliphatic carbocycles. The van der Waals surface area contributed by atoms with E-state index in [0.29, 0.717) is 18.5 Å². The number of rotatable bonds is 7. The summed E-state index contributed by atoms with van der Waals surface area (Å²) in [6.07, 6.45) is 0.620. The fraction of sp³-hybridized carbons (Fsp3) is 0.545. The lowest BCUT2D eigenvalue weighted by Gasteiger charge is -2.19. The van der Waals surface area contributed by atoms with E-state index in [1.165, 1.54) is 10.4 Å². The lowest BCUT2D eigenvalue weighted by atomic mass is 10.3. The quantitative estimate of drug-likeness (QED) is 0.788. The zero-order valence-corrected chi connectivity index (χ0v) is 12.4. The number of aliphatic hydroxyl groups is 1. The van der Waals surface area contributed by atoms with Gasteiger partial charge in [0.2, 0.25) is 0 Å². The number of nitrogens with zero attached hydrogens (tertiary/aromatic N) is 1. The second kappa shape index (κ2) is 6.47. The van der Waals surface area contributed by atoms with Crippen LogP contribution in [0.1, 0.15) is 28.6 Å². The zero-order chi connectivity index (χ0) is 14.6. The molecule has 2 N–H and O–H groups in total. The first-order valence-corrected chi connectivity index (χ1v) is 8.05. The SMILES string of the molecule is CCCN(CCO)S(=O)(=O)c1cc(C)c(C(=O)O)s1. The molecule has 0 spiro atoms. The molecule has 0 unspecified atom stereocenters. The first-order valence-electron chi connectivity index (χ1n) is 5.79. The number of carboxylic acids is 1. The summed E-state index contributed by atoms with van der Waals surface area (Å²) in [4.78, 5) is 11.0. The van der Waals surface area contributed by atoms with Gasteiger partial charge in [0, 0.05) is 13.1 Å².